The molecule has 6 heteroatoms. The molecule has 1 fully saturated rings. The summed E-state index contributed by atoms with van der Waals surface area (Å²) in [5, 5.41) is 6.69. The summed E-state index contributed by atoms with van der Waals surface area (Å²) in [4.78, 5) is 1.14. The molecular formula is C15H14BrCl2NOS. The zero-order chi connectivity index (χ0) is 14.8. The zero-order valence-corrected chi connectivity index (χ0v) is 15.1. The summed E-state index contributed by atoms with van der Waals surface area (Å²) in [5.74, 6) is 0.717. The molecule has 1 aromatic carbocycles. The molecule has 3 rings (SSSR count). The smallest absolute Gasteiger partial charge is 0.143 e. The Labute approximate surface area is 146 Å². The summed E-state index contributed by atoms with van der Waals surface area (Å²) >= 11 is 17.6. The molecule has 0 amide bonds. The lowest BCUT2D eigenvalue weighted by Gasteiger charge is -2.14. The first-order valence-electron chi connectivity index (χ1n) is 6.69. The number of benzene rings is 1. The number of halogens is 3. The van der Waals surface area contributed by atoms with E-state index < -0.39 is 0 Å². The Balaban J connectivity index is 1.76. The van der Waals surface area contributed by atoms with Crippen molar-refractivity contribution in [2.45, 2.75) is 32.0 Å². The van der Waals surface area contributed by atoms with Crippen molar-refractivity contribution in [1.82, 2.24) is 5.32 Å². The van der Waals surface area contributed by atoms with E-state index in [1.807, 2.05) is 17.5 Å². The van der Waals surface area contributed by atoms with Gasteiger partial charge in [-0.3, -0.25) is 0 Å². The molecule has 0 radical (unpaired) electrons. The van der Waals surface area contributed by atoms with Crippen LogP contribution in [0, 0.1) is 0 Å². The molecule has 1 aromatic heterocycles. The van der Waals surface area contributed by atoms with E-state index in [9.17, 15) is 0 Å². The van der Waals surface area contributed by atoms with Gasteiger partial charge in [0.1, 0.15) is 12.4 Å². The second-order valence-electron chi connectivity index (χ2n) is 5.01. The van der Waals surface area contributed by atoms with Crippen LogP contribution in [-0.2, 0) is 13.2 Å². The third kappa shape index (κ3) is 4.14. The van der Waals surface area contributed by atoms with E-state index in [0.29, 0.717) is 22.7 Å². The van der Waals surface area contributed by atoms with Crippen LogP contribution < -0.4 is 10.1 Å². The highest BCUT2D eigenvalue weighted by Crippen LogP contribution is 2.34. The Morgan fingerprint density at radius 1 is 1.33 bits per heavy atom. The van der Waals surface area contributed by atoms with Gasteiger partial charge in [-0.2, -0.15) is 0 Å². The van der Waals surface area contributed by atoms with E-state index in [-0.39, 0.29) is 0 Å². The monoisotopic (exact) mass is 405 g/mol. The van der Waals surface area contributed by atoms with E-state index in [2.05, 4.69) is 21.2 Å². The van der Waals surface area contributed by atoms with Crippen LogP contribution in [0.4, 0.5) is 0 Å². The maximum atomic E-state index is 6.30. The third-order valence-electron chi connectivity index (χ3n) is 3.28. The van der Waals surface area contributed by atoms with Gasteiger partial charge in [-0.1, -0.05) is 23.2 Å². The lowest BCUT2D eigenvalue weighted by molar-refractivity contribution is 0.305. The molecule has 1 N–H and O–H groups in total. The molecule has 0 aliphatic heterocycles. The first-order valence-corrected chi connectivity index (χ1v) is 9.12. The highest BCUT2D eigenvalue weighted by Gasteiger charge is 2.21. The van der Waals surface area contributed by atoms with Gasteiger partial charge in [-0.25, -0.2) is 0 Å². The Morgan fingerprint density at radius 3 is 2.81 bits per heavy atom. The summed E-state index contributed by atoms with van der Waals surface area (Å²) in [6.07, 6.45) is 2.49. The molecule has 0 atom stereocenters. The van der Waals surface area contributed by atoms with Crippen molar-refractivity contribution in [3.8, 4) is 5.75 Å². The summed E-state index contributed by atoms with van der Waals surface area (Å²) in [7, 11) is 0. The predicted molar refractivity (Wildman–Crippen MR) is 92.7 cm³/mol. The largest absolute Gasteiger partial charge is 0.486 e. The van der Waals surface area contributed by atoms with Gasteiger partial charge in [0.15, 0.2) is 0 Å². The first-order chi connectivity index (χ1) is 10.1. The summed E-state index contributed by atoms with van der Waals surface area (Å²) < 4.78 is 7.02. The van der Waals surface area contributed by atoms with Crippen molar-refractivity contribution in [2.75, 3.05) is 0 Å². The summed E-state index contributed by atoms with van der Waals surface area (Å²) in [5.41, 5.74) is 1.01. The SMILES string of the molecule is Clc1cc(Cl)c(OCc2sccc2Br)c(CNC2CC2)c1. The summed E-state index contributed by atoms with van der Waals surface area (Å²) in [6, 6.07) is 6.29. The molecule has 1 saturated carbocycles. The maximum Gasteiger partial charge on any atom is 0.143 e. The number of thiophene rings is 1. The van der Waals surface area contributed by atoms with Crippen molar-refractivity contribution in [1.29, 1.82) is 0 Å². The number of rotatable bonds is 6. The number of hydrogen-bond acceptors (Lipinski definition) is 3. The van der Waals surface area contributed by atoms with Gasteiger partial charge in [-0.15, -0.1) is 11.3 Å². The van der Waals surface area contributed by atoms with E-state index in [4.69, 9.17) is 27.9 Å². The quantitative estimate of drug-likeness (QED) is 0.669. The van der Waals surface area contributed by atoms with E-state index in [0.717, 1.165) is 27.2 Å². The standard InChI is InChI=1S/C15H14BrCl2NOS/c16-12-3-4-21-14(12)8-20-15-9(7-19-11-1-2-11)5-10(17)6-13(15)18/h3-6,11,19H,1-2,7-8H2. The van der Waals surface area contributed by atoms with Crippen molar-refractivity contribution in [3.63, 3.8) is 0 Å². The molecule has 21 heavy (non-hydrogen) atoms. The average Bonchev–Trinajstić information content (AvgIpc) is 3.18. The molecule has 2 nitrogen and oxygen atoms in total. The minimum absolute atomic E-state index is 0.496. The van der Waals surface area contributed by atoms with Crippen LogP contribution in [0.2, 0.25) is 10.0 Å². The van der Waals surface area contributed by atoms with Crippen molar-refractivity contribution < 1.29 is 4.74 Å². The predicted octanol–water partition coefficient (Wildman–Crippen LogP) is 5.65. The van der Waals surface area contributed by atoms with Gasteiger partial charge < -0.3 is 10.1 Å². The lowest BCUT2D eigenvalue weighted by Crippen LogP contribution is -2.16. The normalized spacial score (nSPS) is 14.4. The molecule has 0 spiro atoms. The Bertz CT molecular complexity index is 643. The second kappa shape index (κ2) is 6.88. The van der Waals surface area contributed by atoms with E-state index in [1.165, 1.54) is 12.8 Å². The van der Waals surface area contributed by atoms with Crippen LogP contribution in [0.25, 0.3) is 0 Å². The molecule has 0 bridgehead atoms. The van der Waals surface area contributed by atoms with Crippen LogP contribution >= 0.6 is 50.5 Å². The van der Waals surface area contributed by atoms with Crippen molar-refractivity contribution in [2.24, 2.45) is 0 Å². The molecule has 2 aromatic rings. The third-order valence-corrected chi connectivity index (χ3v) is 5.68. The molecular weight excluding hydrogens is 393 g/mol. The molecule has 1 aliphatic rings. The number of nitrogens with one attached hydrogen (secondary N) is 1. The van der Waals surface area contributed by atoms with Crippen molar-refractivity contribution in [3.05, 3.63) is 48.5 Å². The van der Waals surface area contributed by atoms with Gasteiger partial charge in [0.2, 0.25) is 0 Å². The number of ether oxygens (including phenoxy) is 1. The highest BCUT2D eigenvalue weighted by molar-refractivity contribution is 9.10. The topological polar surface area (TPSA) is 21.3 Å². The van der Waals surface area contributed by atoms with Crippen LogP contribution in [0.3, 0.4) is 0 Å². The molecule has 1 aliphatic carbocycles. The fourth-order valence-electron chi connectivity index (χ4n) is 2.01. The van der Waals surface area contributed by atoms with Gasteiger partial charge in [0.25, 0.3) is 0 Å². The van der Waals surface area contributed by atoms with Crippen LogP contribution in [0.5, 0.6) is 5.75 Å². The lowest BCUT2D eigenvalue weighted by atomic mass is 10.2. The number of hydrogen-bond donors (Lipinski definition) is 1. The second-order valence-corrected chi connectivity index (χ2v) is 7.71. The average molecular weight is 407 g/mol. The summed E-state index contributed by atoms with van der Waals surface area (Å²) in [6.45, 7) is 1.22. The zero-order valence-electron chi connectivity index (χ0n) is 11.2. The molecule has 0 unspecified atom stereocenters. The van der Waals surface area contributed by atoms with Gasteiger partial charge in [0.05, 0.1) is 9.90 Å². The van der Waals surface area contributed by atoms with E-state index in [1.54, 1.807) is 17.4 Å². The molecule has 1 heterocycles. The van der Waals surface area contributed by atoms with Gasteiger partial charge >= 0.3 is 0 Å². The molecule has 112 valence electrons. The first kappa shape index (κ1) is 15.6. The van der Waals surface area contributed by atoms with Gasteiger partial charge in [0, 0.05) is 27.6 Å². The molecule has 0 saturated heterocycles. The van der Waals surface area contributed by atoms with Crippen molar-refractivity contribution >= 4 is 50.5 Å². The Kier molecular flexibility index (Phi) is 5.12. The fraction of sp³-hybridized carbons (Fsp3) is 0.333. The minimum atomic E-state index is 0.496. The minimum Gasteiger partial charge on any atom is -0.486 e. The van der Waals surface area contributed by atoms with Crippen LogP contribution in [0.1, 0.15) is 23.3 Å². The maximum absolute atomic E-state index is 6.30. The van der Waals surface area contributed by atoms with Crippen LogP contribution in [0.15, 0.2) is 28.1 Å². The Hall–Kier alpha value is -0.260. The Morgan fingerprint density at radius 2 is 2.14 bits per heavy atom. The van der Waals surface area contributed by atoms with E-state index >= 15 is 0 Å². The fourth-order valence-corrected chi connectivity index (χ4v) is 3.98. The highest BCUT2D eigenvalue weighted by atomic mass is 79.9. The van der Waals surface area contributed by atoms with Crippen LogP contribution in [-0.4, -0.2) is 6.04 Å². The van der Waals surface area contributed by atoms with Gasteiger partial charge in [-0.05, 0) is 52.4 Å².